The second kappa shape index (κ2) is 7.23. The van der Waals surface area contributed by atoms with Crippen LogP contribution in [0.3, 0.4) is 0 Å². The molecule has 0 atom stereocenters. The number of cyclic esters (lactones) is 1. The number of rotatable bonds is 6. The Labute approximate surface area is 153 Å². The lowest BCUT2D eigenvalue weighted by Gasteiger charge is -2.34. The summed E-state index contributed by atoms with van der Waals surface area (Å²) in [5.41, 5.74) is 1.34. The van der Waals surface area contributed by atoms with Crippen LogP contribution in [0.1, 0.15) is 59.5 Å². The molecule has 0 bridgehead atoms. The molecule has 0 saturated heterocycles. The van der Waals surface area contributed by atoms with E-state index in [1.54, 1.807) is 33.8 Å². The van der Waals surface area contributed by atoms with E-state index in [1.165, 1.54) is 0 Å². The maximum absolute atomic E-state index is 12.7. The van der Waals surface area contributed by atoms with Gasteiger partial charge in [-0.1, -0.05) is 18.2 Å². The van der Waals surface area contributed by atoms with Crippen molar-refractivity contribution >= 4 is 11.9 Å². The first-order chi connectivity index (χ1) is 12.1. The monoisotopic (exact) mass is 360 g/mol. The molecule has 140 valence electrons. The molecule has 1 heterocycles. The van der Waals surface area contributed by atoms with Gasteiger partial charge in [0.25, 0.3) is 0 Å². The number of allylic oxidation sites excluding steroid dienone is 2. The van der Waals surface area contributed by atoms with Gasteiger partial charge >= 0.3 is 11.9 Å². The van der Waals surface area contributed by atoms with Gasteiger partial charge in [-0.15, -0.1) is 6.58 Å². The number of carbonyl (C=O) groups excluding carboxylic acids is 2. The lowest BCUT2D eigenvalue weighted by molar-refractivity contribution is -0.128. The average molecular weight is 360 g/mol. The van der Waals surface area contributed by atoms with Gasteiger partial charge in [-0.3, -0.25) is 0 Å². The van der Waals surface area contributed by atoms with Crippen LogP contribution in [-0.2, 0) is 22.3 Å². The highest BCUT2D eigenvalue weighted by Gasteiger charge is 2.40. The van der Waals surface area contributed by atoms with Crippen LogP contribution in [0.5, 0.6) is 11.5 Å². The van der Waals surface area contributed by atoms with Crippen molar-refractivity contribution in [2.45, 2.75) is 46.3 Å². The maximum Gasteiger partial charge on any atom is 0.345 e. The van der Waals surface area contributed by atoms with Gasteiger partial charge in [-0.2, -0.15) is 0 Å². The zero-order valence-corrected chi connectivity index (χ0v) is 15.6. The summed E-state index contributed by atoms with van der Waals surface area (Å²) in [5.74, 6) is -2.61. The summed E-state index contributed by atoms with van der Waals surface area (Å²) in [4.78, 5) is 25.2. The van der Waals surface area contributed by atoms with Crippen molar-refractivity contribution in [3.05, 3.63) is 47.1 Å². The van der Waals surface area contributed by atoms with E-state index in [9.17, 15) is 14.7 Å². The van der Waals surface area contributed by atoms with Gasteiger partial charge < -0.3 is 19.3 Å². The first kappa shape index (κ1) is 19.6. The third-order valence-electron chi connectivity index (χ3n) is 3.82. The van der Waals surface area contributed by atoms with Gasteiger partial charge in [-0.05, 0) is 32.3 Å². The highest BCUT2D eigenvalue weighted by Crippen LogP contribution is 2.44. The van der Waals surface area contributed by atoms with Crippen molar-refractivity contribution in [3.8, 4) is 11.5 Å². The van der Waals surface area contributed by atoms with Crippen LogP contribution in [0.2, 0.25) is 0 Å². The molecule has 0 saturated carbocycles. The Morgan fingerprint density at radius 3 is 2.50 bits per heavy atom. The van der Waals surface area contributed by atoms with E-state index in [0.717, 1.165) is 0 Å². The van der Waals surface area contributed by atoms with Crippen LogP contribution in [-0.4, -0.2) is 29.4 Å². The largest absolute Gasteiger partial charge is 0.507 e. The molecule has 0 amide bonds. The number of aromatic hydroxyl groups is 1. The van der Waals surface area contributed by atoms with Gasteiger partial charge in [0.2, 0.25) is 5.79 Å². The van der Waals surface area contributed by atoms with E-state index in [-0.39, 0.29) is 47.6 Å². The second-order valence-corrected chi connectivity index (χ2v) is 6.62. The number of carbonyl (C=O) groups is 2. The number of fused-ring (bicyclic) bond motifs is 1. The molecule has 0 radical (unpaired) electrons. The summed E-state index contributed by atoms with van der Waals surface area (Å²) in [6, 6.07) is 0. The van der Waals surface area contributed by atoms with E-state index < -0.39 is 17.7 Å². The first-order valence-corrected chi connectivity index (χ1v) is 8.38. The highest BCUT2D eigenvalue weighted by molar-refractivity contribution is 6.03. The molecule has 1 N–H and O–H groups in total. The Hall–Kier alpha value is -2.76. The number of benzene rings is 1. The van der Waals surface area contributed by atoms with Crippen molar-refractivity contribution in [1.82, 2.24) is 0 Å². The smallest absolute Gasteiger partial charge is 0.345 e. The van der Waals surface area contributed by atoms with Crippen molar-refractivity contribution in [2.24, 2.45) is 0 Å². The second-order valence-electron chi connectivity index (χ2n) is 6.62. The Balaban J connectivity index is 2.89. The van der Waals surface area contributed by atoms with Gasteiger partial charge in [0.15, 0.2) is 0 Å². The van der Waals surface area contributed by atoms with Crippen molar-refractivity contribution in [2.75, 3.05) is 6.61 Å². The maximum atomic E-state index is 12.7. The predicted molar refractivity (Wildman–Crippen MR) is 96.6 cm³/mol. The molecule has 0 fully saturated rings. The molecule has 1 aromatic carbocycles. The SMILES string of the molecule is C=CCc1c(O)c(C(=O)OCC)c(CC(=C)C)c2c1OC(C)(C)OC2=O. The van der Waals surface area contributed by atoms with E-state index in [1.807, 2.05) is 0 Å². The van der Waals surface area contributed by atoms with Gasteiger partial charge in [0.05, 0.1) is 6.61 Å². The van der Waals surface area contributed by atoms with Crippen LogP contribution in [0.4, 0.5) is 0 Å². The fraction of sp³-hybridized carbons (Fsp3) is 0.400. The minimum atomic E-state index is -1.20. The lowest BCUT2D eigenvalue weighted by atomic mass is 9.89. The normalized spacial score (nSPS) is 14.7. The average Bonchev–Trinajstić information content (AvgIpc) is 2.49. The predicted octanol–water partition coefficient (Wildman–Crippen LogP) is 3.70. The summed E-state index contributed by atoms with van der Waals surface area (Å²) >= 11 is 0. The Kier molecular flexibility index (Phi) is 5.44. The molecule has 0 aliphatic carbocycles. The zero-order valence-electron chi connectivity index (χ0n) is 15.6. The fourth-order valence-corrected chi connectivity index (χ4v) is 2.92. The number of hydrogen-bond acceptors (Lipinski definition) is 6. The van der Waals surface area contributed by atoms with Crippen molar-refractivity contribution in [3.63, 3.8) is 0 Å². The van der Waals surface area contributed by atoms with E-state index in [2.05, 4.69) is 13.2 Å². The quantitative estimate of drug-likeness (QED) is 0.615. The van der Waals surface area contributed by atoms with E-state index in [4.69, 9.17) is 14.2 Å². The van der Waals surface area contributed by atoms with Crippen LogP contribution in [0, 0.1) is 0 Å². The molecule has 1 aliphatic heterocycles. The Morgan fingerprint density at radius 1 is 1.31 bits per heavy atom. The molecule has 0 spiro atoms. The molecule has 6 nitrogen and oxygen atoms in total. The Bertz CT molecular complexity index is 788. The minimum Gasteiger partial charge on any atom is -0.507 e. The zero-order chi connectivity index (χ0) is 19.6. The first-order valence-electron chi connectivity index (χ1n) is 8.38. The highest BCUT2D eigenvalue weighted by atomic mass is 16.7. The number of phenolic OH excluding ortho intramolecular Hbond substituents is 1. The summed E-state index contributed by atoms with van der Waals surface area (Å²) in [6.45, 7) is 14.3. The summed E-state index contributed by atoms with van der Waals surface area (Å²) in [6.07, 6.45) is 1.95. The van der Waals surface area contributed by atoms with E-state index in [0.29, 0.717) is 11.1 Å². The molecule has 1 aromatic rings. The van der Waals surface area contributed by atoms with Crippen LogP contribution >= 0.6 is 0 Å². The standard InChI is InChI=1S/C20H24O6/c1-7-9-12-16(21)14(18(22)24-8-2)13(10-11(3)4)15-17(12)25-20(5,6)26-19(15)23/h7,21H,1,3,8-10H2,2,4-6H3. The Morgan fingerprint density at radius 2 is 1.96 bits per heavy atom. The fourth-order valence-electron chi connectivity index (χ4n) is 2.92. The summed E-state index contributed by atoms with van der Waals surface area (Å²) in [7, 11) is 0. The third kappa shape index (κ3) is 3.59. The van der Waals surface area contributed by atoms with Gasteiger partial charge in [0.1, 0.15) is 22.6 Å². The van der Waals surface area contributed by atoms with E-state index >= 15 is 0 Å². The number of phenols is 1. The molecule has 0 unspecified atom stereocenters. The number of ether oxygens (including phenoxy) is 3. The summed E-state index contributed by atoms with van der Waals surface area (Å²) in [5, 5.41) is 10.8. The van der Waals surface area contributed by atoms with Crippen LogP contribution in [0.15, 0.2) is 24.8 Å². The molecular formula is C20H24O6. The molecule has 1 aliphatic rings. The number of esters is 2. The minimum absolute atomic E-state index is 0.0642. The molecular weight excluding hydrogens is 336 g/mol. The number of hydrogen-bond donors (Lipinski definition) is 1. The van der Waals surface area contributed by atoms with Crippen molar-refractivity contribution < 1.29 is 28.9 Å². The topological polar surface area (TPSA) is 82.1 Å². The molecule has 6 heteroatoms. The molecule has 26 heavy (non-hydrogen) atoms. The van der Waals surface area contributed by atoms with Gasteiger partial charge in [0, 0.05) is 19.4 Å². The van der Waals surface area contributed by atoms with Crippen LogP contribution in [0.25, 0.3) is 0 Å². The molecule has 0 aromatic heterocycles. The summed E-state index contributed by atoms with van der Waals surface area (Å²) < 4.78 is 16.3. The van der Waals surface area contributed by atoms with Crippen LogP contribution < -0.4 is 4.74 Å². The third-order valence-corrected chi connectivity index (χ3v) is 3.82. The lowest BCUT2D eigenvalue weighted by Crippen LogP contribution is -2.40. The molecule has 2 rings (SSSR count). The van der Waals surface area contributed by atoms with Gasteiger partial charge in [-0.25, -0.2) is 9.59 Å². The van der Waals surface area contributed by atoms with Crippen molar-refractivity contribution in [1.29, 1.82) is 0 Å².